The molecule has 0 aliphatic heterocycles. The molecule has 0 bridgehead atoms. The summed E-state index contributed by atoms with van der Waals surface area (Å²) in [6, 6.07) is 16.3. The largest absolute Gasteiger partial charge is 0.403 e. The topological polar surface area (TPSA) is 99.3 Å². The number of rotatable bonds is 11. The minimum atomic E-state index is 0.688. The van der Waals surface area contributed by atoms with Gasteiger partial charge in [-0.3, -0.25) is 0 Å². The second kappa shape index (κ2) is 12.2. The summed E-state index contributed by atoms with van der Waals surface area (Å²) in [5, 5.41) is 25.6. The van der Waals surface area contributed by atoms with Crippen LogP contribution >= 0.6 is 0 Å². The van der Waals surface area contributed by atoms with E-state index in [1.54, 1.807) is 22.0 Å². The number of nitrogens with zero attached hydrogens (tertiary/aromatic N) is 12. The lowest BCUT2D eigenvalue weighted by molar-refractivity contribution is -0.659. The molecule has 198 valence electrons. The molecule has 0 spiro atoms. The average molecular weight is 517 g/mol. The van der Waals surface area contributed by atoms with Crippen molar-refractivity contribution in [2.75, 3.05) is 37.0 Å². The molecule has 2 heterocycles. The molecule has 0 atom stereocenters. The quantitative estimate of drug-likeness (QED) is 0.171. The Balaban J connectivity index is 1.21. The maximum absolute atomic E-state index is 4.33. The van der Waals surface area contributed by atoms with Gasteiger partial charge in [-0.05, 0) is 71.6 Å². The highest BCUT2D eigenvalue weighted by atomic mass is 15.4. The average Bonchev–Trinajstić information content (AvgIpc) is 3.43. The van der Waals surface area contributed by atoms with Crippen molar-refractivity contribution in [2.24, 2.45) is 48.6 Å². The molecule has 2 aromatic heterocycles. The maximum atomic E-state index is 4.33. The number of benzene rings is 2. The van der Waals surface area contributed by atoms with Gasteiger partial charge in [0.1, 0.15) is 0 Å². The Morgan fingerprint density at radius 3 is 1.32 bits per heavy atom. The van der Waals surface area contributed by atoms with Crippen LogP contribution in [0.15, 0.2) is 81.6 Å². The van der Waals surface area contributed by atoms with E-state index in [4.69, 9.17) is 0 Å². The molecule has 0 radical (unpaired) electrons. The molecular formula is C26H36N12+2. The van der Waals surface area contributed by atoms with E-state index in [-0.39, 0.29) is 0 Å². The second-order valence-electron chi connectivity index (χ2n) is 9.31. The molecule has 4 rings (SSSR count). The Morgan fingerprint density at radius 2 is 1.00 bits per heavy atom. The fourth-order valence-corrected chi connectivity index (χ4v) is 3.95. The Kier molecular flexibility index (Phi) is 8.51. The van der Waals surface area contributed by atoms with Crippen LogP contribution < -0.4 is 18.9 Å². The van der Waals surface area contributed by atoms with E-state index in [2.05, 4.69) is 78.8 Å². The second-order valence-corrected chi connectivity index (χ2v) is 9.31. The van der Waals surface area contributed by atoms with Gasteiger partial charge in [0, 0.05) is 48.8 Å². The van der Waals surface area contributed by atoms with Crippen molar-refractivity contribution in [2.45, 2.75) is 12.8 Å². The molecule has 0 saturated heterocycles. The zero-order valence-electron chi connectivity index (χ0n) is 23.0. The highest BCUT2D eigenvalue weighted by Gasteiger charge is 2.12. The van der Waals surface area contributed by atoms with Crippen LogP contribution in [0.3, 0.4) is 0 Å². The van der Waals surface area contributed by atoms with Gasteiger partial charge in [0.05, 0.1) is 39.6 Å². The number of azo groups is 2. The van der Waals surface area contributed by atoms with Crippen LogP contribution in [0.25, 0.3) is 0 Å². The van der Waals surface area contributed by atoms with Crippen molar-refractivity contribution in [3.8, 4) is 0 Å². The Bertz CT molecular complexity index is 1240. The first-order chi connectivity index (χ1) is 18.3. The molecule has 2 aromatic carbocycles. The predicted octanol–water partition coefficient (Wildman–Crippen LogP) is 3.99. The van der Waals surface area contributed by atoms with Gasteiger partial charge < -0.3 is 9.80 Å². The fraction of sp³-hybridized carbons (Fsp3) is 0.385. The van der Waals surface area contributed by atoms with Crippen LogP contribution in [0.4, 0.5) is 34.6 Å². The lowest BCUT2D eigenvalue weighted by atomic mass is 10.2. The van der Waals surface area contributed by atoms with Gasteiger partial charge >= 0.3 is 11.9 Å². The number of unbranched alkanes of at least 4 members (excludes halogenated alkanes) is 1. The van der Waals surface area contributed by atoms with Crippen LogP contribution in [-0.2, 0) is 28.2 Å². The number of aryl methyl sites for hydroxylation is 4. The van der Waals surface area contributed by atoms with E-state index in [9.17, 15) is 0 Å². The molecule has 12 heteroatoms. The summed E-state index contributed by atoms with van der Waals surface area (Å²) in [7, 11) is 11.7. The molecule has 38 heavy (non-hydrogen) atoms. The first-order valence-electron chi connectivity index (χ1n) is 12.5. The Hall–Kier alpha value is -4.48. The summed E-state index contributed by atoms with van der Waals surface area (Å²) in [6.07, 6.45) is 5.60. The Morgan fingerprint density at radius 1 is 0.632 bits per heavy atom. The van der Waals surface area contributed by atoms with E-state index in [1.165, 1.54) is 0 Å². The minimum Gasteiger partial charge on any atom is -0.375 e. The smallest absolute Gasteiger partial charge is 0.375 e. The van der Waals surface area contributed by atoms with E-state index in [0.717, 1.165) is 48.7 Å². The zero-order chi connectivity index (χ0) is 27.1. The van der Waals surface area contributed by atoms with Gasteiger partial charge in [0.25, 0.3) is 0 Å². The van der Waals surface area contributed by atoms with Gasteiger partial charge in [-0.15, -0.1) is 9.36 Å². The number of hydrogen-bond acceptors (Lipinski definition) is 8. The number of hydrogen-bond donors (Lipinski definition) is 0. The molecule has 0 N–H and O–H groups in total. The predicted molar refractivity (Wildman–Crippen MR) is 146 cm³/mol. The lowest BCUT2D eigenvalue weighted by Gasteiger charge is -2.22. The molecule has 0 aliphatic rings. The van der Waals surface area contributed by atoms with Gasteiger partial charge in [0.15, 0.2) is 0 Å². The summed E-state index contributed by atoms with van der Waals surface area (Å²) >= 11 is 0. The summed E-state index contributed by atoms with van der Waals surface area (Å²) in [6.45, 7) is 1.95. The standard InChI is InChI=1S/C26H36N12/c1-33(23-13-9-21(10-14-23)29-31-25-35(3)19-27-37(25)5)17-7-8-18-34(2)24-15-11-22(12-16-24)30-32-26-36(4)20-28-38(26)6/h9-16,19-20H,7-8,17-18H2,1-6H3/q+2. The minimum absolute atomic E-state index is 0.688. The van der Waals surface area contributed by atoms with Gasteiger partial charge in [-0.25, -0.2) is 9.13 Å². The molecule has 0 amide bonds. The summed E-state index contributed by atoms with van der Waals surface area (Å²) in [5.74, 6) is 1.38. The van der Waals surface area contributed by atoms with Crippen molar-refractivity contribution >= 4 is 34.6 Å². The normalized spacial score (nSPS) is 11.6. The van der Waals surface area contributed by atoms with Crippen LogP contribution in [-0.4, -0.2) is 46.7 Å². The molecule has 4 aromatic rings. The van der Waals surface area contributed by atoms with Crippen molar-refractivity contribution < 1.29 is 9.13 Å². The summed E-state index contributed by atoms with van der Waals surface area (Å²) in [5.41, 5.74) is 3.94. The van der Waals surface area contributed by atoms with Crippen molar-refractivity contribution in [1.82, 2.24) is 19.6 Å². The fourth-order valence-electron chi connectivity index (χ4n) is 3.95. The summed E-state index contributed by atoms with van der Waals surface area (Å²) < 4.78 is 7.04. The van der Waals surface area contributed by atoms with Crippen LogP contribution in [0.2, 0.25) is 0 Å². The van der Waals surface area contributed by atoms with Crippen molar-refractivity contribution in [1.29, 1.82) is 0 Å². The Labute approximate surface area is 223 Å². The van der Waals surface area contributed by atoms with Crippen molar-refractivity contribution in [3.05, 3.63) is 61.2 Å². The monoisotopic (exact) mass is 516 g/mol. The molecule has 0 aliphatic carbocycles. The van der Waals surface area contributed by atoms with Gasteiger partial charge in [-0.2, -0.15) is 0 Å². The third-order valence-electron chi connectivity index (χ3n) is 6.33. The van der Waals surface area contributed by atoms with Crippen LogP contribution in [0.1, 0.15) is 12.8 Å². The molecular weight excluding hydrogens is 480 g/mol. The number of aromatic nitrogens is 6. The third kappa shape index (κ3) is 6.64. The third-order valence-corrected chi connectivity index (χ3v) is 6.33. The zero-order valence-corrected chi connectivity index (χ0v) is 23.0. The molecule has 0 fully saturated rings. The first-order valence-corrected chi connectivity index (χ1v) is 12.5. The highest BCUT2D eigenvalue weighted by Crippen LogP contribution is 2.22. The van der Waals surface area contributed by atoms with E-state index in [1.807, 2.05) is 61.6 Å². The van der Waals surface area contributed by atoms with Gasteiger partial charge in [0.2, 0.25) is 12.7 Å². The molecule has 12 nitrogen and oxygen atoms in total. The summed E-state index contributed by atoms with van der Waals surface area (Å²) in [4.78, 5) is 4.54. The molecule has 0 saturated carbocycles. The van der Waals surface area contributed by atoms with E-state index in [0.29, 0.717) is 11.9 Å². The first kappa shape index (κ1) is 26.6. The van der Waals surface area contributed by atoms with Crippen LogP contribution in [0.5, 0.6) is 0 Å². The van der Waals surface area contributed by atoms with Crippen LogP contribution in [0, 0.1) is 0 Å². The highest BCUT2D eigenvalue weighted by molar-refractivity contribution is 5.53. The number of anilines is 2. The maximum Gasteiger partial charge on any atom is 0.403 e. The van der Waals surface area contributed by atoms with E-state index < -0.39 is 0 Å². The van der Waals surface area contributed by atoms with Gasteiger partial charge in [-0.1, -0.05) is 10.2 Å². The SMILES string of the molecule is CN(CCCCN(C)c1ccc(N=Nc2n(C)nc[n+]2C)cc1)c1ccc(N=Nc2n(C)nc[n+]2C)cc1. The van der Waals surface area contributed by atoms with Crippen molar-refractivity contribution in [3.63, 3.8) is 0 Å². The lowest BCUT2D eigenvalue weighted by Crippen LogP contribution is -2.25. The molecule has 0 unspecified atom stereocenters. The van der Waals surface area contributed by atoms with E-state index >= 15 is 0 Å².